The Labute approximate surface area is 98.3 Å². The van der Waals surface area contributed by atoms with E-state index in [2.05, 4.69) is 9.97 Å². The summed E-state index contributed by atoms with van der Waals surface area (Å²) in [6, 6.07) is 7.55. The number of nitrogens with zero attached hydrogens (tertiary/aromatic N) is 1. The number of rotatable bonds is 3. The third-order valence-corrected chi connectivity index (χ3v) is 2.82. The van der Waals surface area contributed by atoms with Gasteiger partial charge in [0.15, 0.2) is 0 Å². The number of aromatic amines is 1. The van der Waals surface area contributed by atoms with Crippen molar-refractivity contribution in [2.45, 2.75) is 11.8 Å². The summed E-state index contributed by atoms with van der Waals surface area (Å²) in [4.78, 5) is 7.16. The van der Waals surface area contributed by atoms with Gasteiger partial charge in [0.05, 0.1) is 5.38 Å². The van der Waals surface area contributed by atoms with Crippen molar-refractivity contribution in [1.29, 1.82) is 0 Å². The molecule has 1 atom stereocenters. The molecule has 0 saturated heterocycles. The van der Waals surface area contributed by atoms with Gasteiger partial charge in [-0.1, -0.05) is 23.7 Å². The average Bonchev–Trinajstić information content (AvgIpc) is 2.71. The van der Waals surface area contributed by atoms with Crippen LogP contribution in [0.4, 0.5) is 0 Å². The van der Waals surface area contributed by atoms with Crippen LogP contribution >= 0.6 is 23.2 Å². The monoisotopic (exact) mass is 240 g/mol. The first-order chi connectivity index (χ1) is 7.25. The second-order valence-electron chi connectivity index (χ2n) is 3.26. The molecule has 0 radical (unpaired) electrons. The zero-order valence-electron chi connectivity index (χ0n) is 7.95. The van der Waals surface area contributed by atoms with Crippen LogP contribution in [0.15, 0.2) is 36.7 Å². The smallest absolute Gasteiger partial charge is 0.107 e. The first-order valence-corrected chi connectivity index (χ1v) is 5.45. The summed E-state index contributed by atoms with van der Waals surface area (Å²) in [7, 11) is 0. The first-order valence-electron chi connectivity index (χ1n) is 4.63. The molecule has 1 unspecified atom stereocenters. The van der Waals surface area contributed by atoms with Crippen molar-refractivity contribution in [3.8, 4) is 0 Å². The molecule has 15 heavy (non-hydrogen) atoms. The molecular formula is C11H10Cl2N2. The molecular weight excluding hydrogens is 231 g/mol. The Morgan fingerprint density at radius 2 is 2.00 bits per heavy atom. The summed E-state index contributed by atoms with van der Waals surface area (Å²) in [5, 5.41) is 0.647. The number of halogens is 2. The molecule has 0 fully saturated rings. The number of hydrogen-bond donors (Lipinski definition) is 1. The Morgan fingerprint density at radius 3 is 2.60 bits per heavy atom. The van der Waals surface area contributed by atoms with Gasteiger partial charge < -0.3 is 4.98 Å². The van der Waals surface area contributed by atoms with Crippen LogP contribution < -0.4 is 0 Å². The van der Waals surface area contributed by atoms with Crippen LogP contribution in [0.2, 0.25) is 5.02 Å². The van der Waals surface area contributed by atoms with Gasteiger partial charge in [0, 0.05) is 23.8 Å². The van der Waals surface area contributed by atoms with E-state index in [9.17, 15) is 0 Å². The van der Waals surface area contributed by atoms with E-state index in [4.69, 9.17) is 23.2 Å². The molecule has 0 aliphatic rings. The molecule has 2 aromatic rings. The summed E-state index contributed by atoms with van der Waals surface area (Å²) in [5.41, 5.74) is 1.05. The highest BCUT2D eigenvalue weighted by atomic mass is 35.5. The van der Waals surface area contributed by atoms with Gasteiger partial charge in [-0.25, -0.2) is 4.98 Å². The molecule has 0 bridgehead atoms. The van der Waals surface area contributed by atoms with Crippen molar-refractivity contribution in [3.05, 3.63) is 53.1 Å². The van der Waals surface area contributed by atoms with E-state index < -0.39 is 0 Å². The van der Waals surface area contributed by atoms with E-state index in [-0.39, 0.29) is 5.38 Å². The highest BCUT2D eigenvalue weighted by Crippen LogP contribution is 2.24. The molecule has 1 aromatic carbocycles. The van der Waals surface area contributed by atoms with Crippen LogP contribution in [-0.4, -0.2) is 9.97 Å². The van der Waals surface area contributed by atoms with Gasteiger partial charge in [-0.2, -0.15) is 0 Å². The minimum absolute atomic E-state index is 0.0755. The van der Waals surface area contributed by atoms with Gasteiger partial charge in [-0.3, -0.25) is 0 Å². The summed E-state index contributed by atoms with van der Waals surface area (Å²) in [6.45, 7) is 0. The Balaban J connectivity index is 2.08. The summed E-state index contributed by atoms with van der Waals surface area (Å²) < 4.78 is 0. The summed E-state index contributed by atoms with van der Waals surface area (Å²) in [5.74, 6) is 0.893. The number of hydrogen-bond acceptors (Lipinski definition) is 1. The molecule has 1 heterocycles. The van der Waals surface area contributed by atoms with Gasteiger partial charge in [-0.05, 0) is 17.7 Å². The van der Waals surface area contributed by atoms with Crippen LogP contribution in [0.5, 0.6) is 0 Å². The third kappa shape index (κ3) is 2.74. The van der Waals surface area contributed by atoms with Crippen molar-refractivity contribution in [2.24, 2.45) is 0 Å². The van der Waals surface area contributed by atoms with Crippen molar-refractivity contribution in [1.82, 2.24) is 9.97 Å². The van der Waals surface area contributed by atoms with E-state index >= 15 is 0 Å². The van der Waals surface area contributed by atoms with Crippen LogP contribution in [0.25, 0.3) is 0 Å². The number of benzene rings is 1. The highest BCUT2D eigenvalue weighted by molar-refractivity contribution is 6.30. The summed E-state index contributed by atoms with van der Waals surface area (Å²) >= 11 is 12.0. The lowest BCUT2D eigenvalue weighted by molar-refractivity contribution is 0.855. The maximum Gasteiger partial charge on any atom is 0.107 e. The van der Waals surface area contributed by atoms with Crippen molar-refractivity contribution in [3.63, 3.8) is 0 Å². The predicted molar refractivity (Wildman–Crippen MR) is 62.3 cm³/mol. The molecule has 0 saturated carbocycles. The minimum atomic E-state index is -0.0755. The molecule has 0 aliphatic heterocycles. The third-order valence-electron chi connectivity index (χ3n) is 2.16. The number of imidazole rings is 1. The Hall–Kier alpha value is -0.990. The molecule has 1 N–H and O–H groups in total. The lowest BCUT2D eigenvalue weighted by atomic mass is 10.1. The van der Waals surface area contributed by atoms with Gasteiger partial charge in [0.25, 0.3) is 0 Å². The van der Waals surface area contributed by atoms with Crippen molar-refractivity contribution >= 4 is 23.2 Å². The number of nitrogens with one attached hydrogen (secondary N) is 1. The van der Waals surface area contributed by atoms with Crippen molar-refractivity contribution < 1.29 is 0 Å². The fraction of sp³-hybridized carbons (Fsp3) is 0.182. The van der Waals surface area contributed by atoms with Gasteiger partial charge in [-0.15, -0.1) is 11.6 Å². The quantitative estimate of drug-likeness (QED) is 0.817. The van der Waals surface area contributed by atoms with Gasteiger partial charge >= 0.3 is 0 Å². The molecule has 2 nitrogen and oxygen atoms in total. The van der Waals surface area contributed by atoms with Crippen LogP contribution in [0.1, 0.15) is 16.8 Å². The highest BCUT2D eigenvalue weighted by Gasteiger charge is 2.09. The molecule has 2 rings (SSSR count). The topological polar surface area (TPSA) is 28.7 Å². The lowest BCUT2D eigenvalue weighted by Gasteiger charge is -2.07. The fourth-order valence-corrected chi connectivity index (χ4v) is 1.79. The molecule has 4 heteroatoms. The van der Waals surface area contributed by atoms with E-state index in [1.54, 1.807) is 12.4 Å². The van der Waals surface area contributed by atoms with Crippen molar-refractivity contribution in [2.75, 3.05) is 0 Å². The first kappa shape index (κ1) is 10.5. The molecule has 0 spiro atoms. The Bertz CT molecular complexity index is 409. The van der Waals surface area contributed by atoms with E-state index in [1.807, 2.05) is 24.3 Å². The predicted octanol–water partition coefficient (Wildman–Crippen LogP) is 3.59. The lowest BCUT2D eigenvalue weighted by Crippen LogP contribution is -1.97. The Kier molecular flexibility index (Phi) is 3.29. The van der Waals surface area contributed by atoms with E-state index in [0.717, 1.165) is 16.4 Å². The fourth-order valence-electron chi connectivity index (χ4n) is 1.37. The standard InChI is InChI=1S/C11H10Cl2N2/c12-9-3-1-8(2-4-9)10(13)7-11-14-5-6-15-11/h1-6,10H,7H2,(H,14,15). The average molecular weight is 241 g/mol. The Morgan fingerprint density at radius 1 is 1.27 bits per heavy atom. The minimum Gasteiger partial charge on any atom is -0.349 e. The van der Waals surface area contributed by atoms with Gasteiger partial charge in [0.1, 0.15) is 5.82 Å². The largest absolute Gasteiger partial charge is 0.349 e. The van der Waals surface area contributed by atoms with Crippen LogP contribution in [0, 0.1) is 0 Å². The maximum absolute atomic E-state index is 6.25. The number of alkyl halides is 1. The molecule has 78 valence electrons. The summed E-state index contributed by atoms with van der Waals surface area (Å²) in [6.07, 6.45) is 4.21. The van der Waals surface area contributed by atoms with E-state index in [0.29, 0.717) is 6.42 Å². The SMILES string of the molecule is Clc1ccc(C(Cl)Cc2ncc[nH]2)cc1. The van der Waals surface area contributed by atoms with E-state index in [1.165, 1.54) is 0 Å². The van der Waals surface area contributed by atoms with Crippen LogP contribution in [-0.2, 0) is 6.42 Å². The number of H-pyrrole nitrogens is 1. The molecule has 0 aliphatic carbocycles. The van der Waals surface area contributed by atoms with Crippen LogP contribution in [0.3, 0.4) is 0 Å². The zero-order valence-corrected chi connectivity index (χ0v) is 9.46. The van der Waals surface area contributed by atoms with Gasteiger partial charge in [0.2, 0.25) is 0 Å². The molecule has 0 amide bonds. The number of aromatic nitrogens is 2. The normalized spacial score (nSPS) is 12.7. The second-order valence-corrected chi connectivity index (χ2v) is 4.22. The second kappa shape index (κ2) is 4.69. The zero-order chi connectivity index (χ0) is 10.7. The maximum atomic E-state index is 6.25. The molecule has 1 aromatic heterocycles.